The van der Waals surface area contributed by atoms with Gasteiger partial charge in [0.2, 0.25) is 5.95 Å². The highest BCUT2D eigenvalue weighted by Gasteiger charge is 2.32. The van der Waals surface area contributed by atoms with Gasteiger partial charge in [-0.2, -0.15) is 0 Å². The Balaban J connectivity index is 1.46. The molecule has 7 aromatic rings. The molecule has 0 spiro atoms. The average Bonchev–Trinajstić information content (AvgIpc) is 3.50. The standard InChI is InChI=1S/C37H27N3/c1-37(2)23-22-31-34(30-18-6-5-15-27(30)26-19-11-13-24-12-3-4-14-25(24)26)38-36(39-35(31)37)40-32-20-9-7-16-28(32)29-17-8-10-21-33(29)40/h3-23H,1-2H3. The Labute approximate surface area is 233 Å². The van der Waals surface area contributed by atoms with Crippen LogP contribution in [-0.4, -0.2) is 14.5 Å². The van der Waals surface area contributed by atoms with Gasteiger partial charge in [-0.05, 0) is 34.0 Å². The van der Waals surface area contributed by atoms with Crippen molar-refractivity contribution in [2.75, 3.05) is 0 Å². The fourth-order valence-corrected chi connectivity index (χ4v) is 6.31. The first-order chi connectivity index (χ1) is 19.6. The minimum atomic E-state index is -0.199. The van der Waals surface area contributed by atoms with Crippen molar-refractivity contribution in [2.45, 2.75) is 19.3 Å². The van der Waals surface area contributed by atoms with Crippen LogP contribution in [-0.2, 0) is 5.41 Å². The molecule has 1 aliphatic carbocycles. The highest BCUT2D eigenvalue weighted by atomic mass is 15.2. The van der Waals surface area contributed by atoms with Crippen molar-refractivity contribution in [3.05, 3.63) is 133 Å². The van der Waals surface area contributed by atoms with Crippen LogP contribution in [0.5, 0.6) is 0 Å². The van der Waals surface area contributed by atoms with Gasteiger partial charge in [0, 0.05) is 27.3 Å². The monoisotopic (exact) mass is 513 g/mol. The van der Waals surface area contributed by atoms with Crippen LogP contribution >= 0.6 is 0 Å². The van der Waals surface area contributed by atoms with E-state index in [2.05, 4.69) is 146 Å². The van der Waals surface area contributed by atoms with E-state index >= 15 is 0 Å². The number of benzene rings is 5. The third kappa shape index (κ3) is 3.31. The molecule has 0 saturated carbocycles. The van der Waals surface area contributed by atoms with E-state index in [9.17, 15) is 0 Å². The van der Waals surface area contributed by atoms with E-state index in [4.69, 9.17) is 9.97 Å². The van der Waals surface area contributed by atoms with Gasteiger partial charge in [-0.3, -0.25) is 4.57 Å². The number of fused-ring (bicyclic) bond motifs is 5. The third-order valence-corrected chi connectivity index (χ3v) is 8.25. The molecule has 2 aromatic heterocycles. The summed E-state index contributed by atoms with van der Waals surface area (Å²) in [6, 6.07) is 40.9. The molecule has 0 radical (unpaired) electrons. The zero-order valence-corrected chi connectivity index (χ0v) is 22.5. The van der Waals surface area contributed by atoms with E-state index in [0.717, 1.165) is 33.5 Å². The molecule has 1 aliphatic rings. The van der Waals surface area contributed by atoms with E-state index in [1.54, 1.807) is 0 Å². The Kier molecular flexibility index (Phi) is 4.86. The maximum absolute atomic E-state index is 5.39. The Bertz CT molecular complexity index is 2090. The first kappa shape index (κ1) is 22.9. The van der Waals surface area contributed by atoms with Gasteiger partial charge in [-0.15, -0.1) is 0 Å². The number of rotatable bonds is 3. The van der Waals surface area contributed by atoms with E-state index < -0.39 is 0 Å². The molecular weight excluding hydrogens is 486 g/mol. The fraction of sp³-hybridized carbons (Fsp3) is 0.0811. The molecule has 8 rings (SSSR count). The normalized spacial score (nSPS) is 13.8. The second kappa shape index (κ2) is 8.49. The summed E-state index contributed by atoms with van der Waals surface area (Å²) in [6.45, 7) is 4.47. The molecule has 0 N–H and O–H groups in total. The summed E-state index contributed by atoms with van der Waals surface area (Å²) in [5.74, 6) is 0.704. The Morgan fingerprint density at radius 1 is 0.550 bits per heavy atom. The molecule has 190 valence electrons. The molecule has 0 atom stereocenters. The summed E-state index contributed by atoms with van der Waals surface area (Å²) in [5, 5.41) is 4.88. The van der Waals surface area contributed by atoms with E-state index in [-0.39, 0.29) is 5.41 Å². The number of nitrogens with zero attached hydrogens (tertiary/aromatic N) is 3. The Morgan fingerprint density at radius 3 is 1.88 bits per heavy atom. The quantitative estimate of drug-likeness (QED) is 0.236. The van der Waals surface area contributed by atoms with Crippen molar-refractivity contribution >= 4 is 38.7 Å². The predicted molar refractivity (Wildman–Crippen MR) is 167 cm³/mol. The lowest BCUT2D eigenvalue weighted by molar-refractivity contribution is 0.651. The molecule has 3 heteroatoms. The molecule has 0 aliphatic heterocycles. The summed E-state index contributed by atoms with van der Waals surface area (Å²) in [4.78, 5) is 10.7. The second-order valence-corrected chi connectivity index (χ2v) is 11.1. The molecule has 40 heavy (non-hydrogen) atoms. The zero-order valence-electron chi connectivity index (χ0n) is 22.5. The predicted octanol–water partition coefficient (Wildman–Crippen LogP) is 9.37. The Morgan fingerprint density at radius 2 is 1.12 bits per heavy atom. The maximum atomic E-state index is 5.39. The molecule has 0 fully saturated rings. The number of hydrogen-bond donors (Lipinski definition) is 0. The van der Waals surface area contributed by atoms with Crippen LogP contribution in [0.2, 0.25) is 0 Å². The first-order valence-electron chi connectivity index (χ1n) is 13.8. The van der Waals surface area contributed by atoms with Gasteiger partial charge in [-0.25, -0.2) is 9.97 Å². The SMILES string of the molecule is CC1(C)C=Cc2c(-c3ccccc3-c3cccc4ccccc34)nc(-n3c4ccccc4c4ccccc43)nc21. The van der Waals surface area contributed by atoms with Crippen LogP contribution in [0.25, 0.3) is 67.0 Å². The van der Waals surface area contributed by atoms with Gasteiger partial charge in [0.25, 0.3) is 0 Å². The van der Waals surface area contributed by atoms with Crippen LogP contribution in [0.15, 0.2) is 121 Å². The smallest absolute Gasteiger partial charge is 0.235 e. The summed E-state index contributed by atoms with van der Waals surface area (Å²) in [6.07, 6.45) is 4.46. The van der Waals surface area contributed by atoms with Crippen LogP contribution in [0.1, 0.15) is 25.1 Å². The van der Waals surface area contributed by atoms with Crippen molar-refractivity contribution in [1.29, 1.82) is 0 Å². The van der Waals surface area contributed by atoms with Gasteiger partial charge >= 0.3 is 0 Å². The summed E-state index contributed by atoms with van der Waals surface area (Å²) in [5.41, 5.74) is 8.64. The summed E-state index contributed by atoms with van der Waals surface area (Å²) < 4.78 is 2.23. The van der Waals surface area contributed by atoms with Gasteiger partial charge < -0.3 is 0 Å². The fourth-order valence-electron chi connectivity index (χ4n) is 6.31. The van der Waals surface area contributed by atoms with Gasteiger partial charge in [0.1, 0.15) is 0 Å². The largest absolute Gasteiger partial charge is 0.278 e. The highest BCUT2D eigenvalue weighted by molar-refractivity contribution is 6.09. The summed E-state index contributed by atoms with van der Waals surface area (Å²) in [7, 11) is 0. The lowest BCUT2D eigenvalue weighted by Gasteiger charge is -2.21. The van der Waals surface area contributed by atoms with Crippen molar-refractivity contribution in [3.63, 3.8) is 0 Å². The minimum absolute atomic E-state index is 0.199. The average molecular weight is 514 g/mol. The molecule has 5 aromatic carbocycles. The minimum Gasteiger partial charge on any atom is -0.278 e. The third-order valence-electron chi connectivity index (χ3n) is 8.25. The van der Waals surface area contributed by atoms with Crippen LogP contribution in [0.4, 0.5) is 0 Å². The van der Waals surface area contributed by atoms with E-state index in [1.807, 2.05) is 0 Å². The molecule has 0 bridgehead atoms. The molecule has 2 heterocycles. The van der Waals surface area contributed by atoms with Crippen molar-refractivity contribution in [1.82, 2.24) is 14.5 Å². The number of hydrogen-bond acceptors (Lipinski definition) is 2. The number of aromatic nitrogens is 3. The lowest BCUT2D eigenvalue weighted by Crippen LogP contribution is -2.17. The molecule has 3 nitrogen and oxygen atoms in total. The van der Waals surface area contributed by atoms with Gasteiger partial charge in [0.15, 0.2) is 0 Å². The van der Waals surface area contributed by atoms with E-state index in [0.29, 0.717) is 5.95 Å². The highest BCUT2D eigenvalue weighted by Crippen LogP contribution is 2.43. The topological polar surface area (TPSA) is 30.7 Å². The van der Waals surface area contributed by atoms with Gasteiger partial charge in [-0.1, -0.05) is 129 Å². The molecular formula is C37H27N3. The second-order valence-electron chi connectivity index (χ2n) is 11.1. The van der Waals surface area contributed by atoms with Crippen molar-refractivity contribution < 1.29 is 0 Å². The lowest BCUT2D eigenvalue weighted by atomic mass is 9.89. The maximum Gasteiger partial charge on any atom is 0.235 e. The molecule has 0 unspecified atom stereocenters. The first-order valence-corrected chi connectivity index (χ1v) is 13.8. The van der Waals surface area contributed by atoms with Gasteiger partial charge in [0.05, 0.1) is 22.4 Å². The van der Waals surface area contributed by atoms with Crippen molar-refractivity contribution in [2.24, 2.45) is 0 Å². The number of para-hydroxylation sites is 2. The van der Waals surface area contributed by atoms with Crippen LogP contribution < -0.4 is 0 Å². The number of allylic oxidation sites excluding steroid dienone is 1. The van der Waals surface area contributed by atoms with Crippen LogP contribution in [0.3, 0.4) is 0 Å². The van der Waals surface area contributed by atoms with E-state index in [1.165, 1.54) is 32.7 Å². The summed E-state index contributed by atoms with van der Waals surface area (Å²) >= 11 is 0. The Hall–Kier alpha value is -5.02. The van der Waals surface area contributed by atoms with Crippen molar-refractivity contribution in [3.8, 4) is 28.3 Å². The van der Waals surface area contributed by atoms with Crippen LogP contribution in [0, 0.1) is 0 Å². The molecule has 0 saturated heterocycles. The zero-order chi connectivity index (χ0) is 26.8. The molecule has 0 amide bonds.